The fourth-order valence-electron chi connectivity index (χ4n) is 3.80. The number of hydrogen-bond acceptors (Lipinski definition) is 3. The van der Waals surface area contributed by atoms with Gasteiger partial charge in [0.1, 0.15) is 5.82 Å². The van der Waals surface area contributed by atoms with Crippen LogP contribution in [-0.2, 0) is 6.54 Å². The number of amides is 1. The molecule has 1 aliphatic rings. The molecule has 0 aliphatic carbocycles. The number of hydrogen-bond donors (Lipinski definition) is 1. The maximum Gasteiger partial charge on any atom is 0.254 e. The fourth-order valence-corrected chi connectivity index (χ4v) is 3.80. The first-order chi connectivity index (χ1) is 13.1. The number of imidazole rings is 1. The van der Waals surface area contributed by atoms with Gasteiger partial charge in [0, 0.05) is 74.9 Å². The monoisotopic (exact) mass is 365 g/mol. The van der Waals surface area contributed by atoms with E-state index >= 15 is 0 Å². The number of fused-ring (bicyclic) bond motifs is 1. The van der Waals surface area contributed by atoms with Gasteiger partial charge < -0.3 is 14.5 Å². The standard InChI is InChI=1S/C21H27N5O/c1-16(2)20-23-7-8-25(20)12-9-24-10-13-26(14-11-24)21(27)18-4-3-17-5-6-22-19(17)15-18/h3-8,15-16,22H,9-14H2,1-2H3. The fraction of sp³-hybridized carbons (Fsp3) is 0.429. The minimum Gasteiger partial charge on any atom is -0.361 e. The van der Waals surface area contributed by atoms with Crippen LogP contribution in [0.1, 0.15) is 35.9 Å². The summed E-state index contributed by atoms with van der Waals surface area (Å²) in [6, 6.07) is 7.91. The van der Waals surface area contributed by atoms with Crippen LogP contribution in [0.3, 0.4) is 0 Å². The number of nitrogens with zero attached hydrogens (tertiary/aromatic N) is 4. The lowest BCUT2D eigenvalue weighted by Gasteiger charge is -2.35. The Bertz CT molecular complexity index is 917. The SMILES string of the molecule is CC(C)c1nccn1CCN1CCN(C(=O)c2ccc3cc[nH]c3c2)CC1. The van der Waals surface area contributed by atoms with E-state index in [9.17, 15) is 4.79 Å². The van der Waals surface area contributed by atoms with Gasteiger partial charge >= 0.3 is 0 Å². The first-order valence-electron chi connectivity index (χ1n) is 9.71. The van der Waals surface area contributed by atoms with Crippen LogP contribution in [-0.4, -0.2) is 63.0 Å². The lowest BCUT2D eigenvalue weighted by molar-refractivity contribution is 0.0633. The van der Waals surface area contributed by atoms with Gasteiger partial charge in [0.2, 0.25) is 0 Å². The van der Waals surface area contributed by atoms with Gasteiger partial charge in [-0.05, 0) is 23.6 Å². The molecule has 6 nitrogen and oxygen atoms in total. The average molecular weight is 365 g/mol. The van der Waals surface area contributed by atoms with Gasteiger partial charge in [-0.15, -0.1) is 0 Å². The van der Waals surface area contributed by atoms with Gasteiger partial charge in [-0.2, -0.15) is 0 Å². The summed E-state index contributed by atoms with van der Waals surface area (Å²) in [6.45, 7) is 9.69. The normalized spacial score (nSPS) is 15.7. The molecule has 0 bridgehead atoms. The van der Waals surface area contributed by atoms with E-state index in [1.807, 2.05) is 41.6 Å². The van der Waals surface area contributed by atoms with Crippen molar-refractivity contribution in [2.75, 3.05) is 32.7 Å². The predicted molar refractivity (Wildman–Crippen MR) is 107 cm³/mol. The molecular formula is C21H27N5O. The van der Waals surface area contributed by atoms with Crippen molar-refractivity contribution in [3.05, 3.63) is 54.2 Å². The molecule has 3 aromatic rings. The van der Waals surface area contributed by atoms with Crippen LogP contribution in [0.15, 0.2) is 42.9 Å². The minimum absolute atomic E-state index is 0.128. The van der Waals surface area contributed by atoms with E-state index in [-0.39, 0.29) is 5.91 Å². The van der Waals surface area contributed by atoms with Crippen molar-refractivity contribution in [2.45, 2.75) is 26.3 Å². The smallest absolute Gasteiger partial charge is 0.254 e. The highest BCUT2D eigenvalue weighted by atomic mass is 16.2. The molecule has 1 aliphatic heterocycles. The number of carbonyl (C=O) groups is 1. The van der Waals surface area contributed by atoms with E-state index in [0.717, 1.165) is 61.6 Å². The van der Waals surface area contributed by atoms with Crippen molar-refractivity contribution < 1.29 is 4.79 Å². The molecule has 1 saturated heterocycles. The number of piperazine rings is 1. The summed E-state index contributed by atoms with van der Waals surface area (Å²) in [4.78, 5) is 24.9. The van der Waals surface area contributed by atoms with Crippen molar-refractivity contribution in [2.24, 2.45) is 0 Å². The summed E-state index contributed by atoms with van der Waals surface area (Å²) in [5, 5.41) is 1.14. The highest BCUT2D eigenvalue weighted by Crippen LogP contribution is 2.17. The molecule has 0 saturated carbocycles. The summed E-state index contributed by atoms with van der Waals surface area (Å²) < 4.78 is 2.24. The molecule has 0 atom stereocenters. The molecule has 1 N–H and O–H groups in total. The molecule has 4 rings (SSSR count). The van der Waals surface area contributed by atoms with Crippen molar-refractivity contribution in [3.8, 4) is 0 Å². The van der Waals surface area contributed by atoms with E-state index in [2.05, 4.69) is 39.5 Å². The van der Waals surface area contributed by atoms with Crippen LogP contribution < -0.4 is 0 Å². The molecule has 0 spiro atoms. The van der Waals surface area contributed by atoms with Crippen LogP contribution in [0.2, 0.25) is 0 Å². The van der Waals surface area contributed by atoms with Crippen molar-refractivity contribution in [3.63, 3.8) is 0 Å². The summed E-state index contributed by atoms with van der Waals surface area (Å²) >= 11 is 0. The molecule has 1 fully saturated rings. The van der Waals surface area contributed by atoms with Crippen molar-refractivity contribution in [1.82, 2.24) is 24.3 Å². The number of rotatable bonds is 5. The Morgan fingerprint density at radius 3 is 2.74 bits per heavy atom. The number of H-pyrrole nitrogens is 1. The number of aromatic nitrogens is 3. The number of nitrogens with one attached hydrogen (secondary N) is 1. The largest absolute Gasteiger partial charge is 0.361 e. The van der Waals surface area contributed by atoms with E-state index < -0.39 is 0 Å². The molecule has 1 amide bonds. The van der Waals surface area contributed by atoms with Gasteiger partial charge in [0.25, 0.3) is 5.91 Å². The second-order valence-corrected chi connectivity index (χ2v) is 7.55. The van der Waals surface area contributed by atoms with E-state index in [1.54, 1.807) is 0 Å². The summed E-state index contributed by atoms with van der Waals surface area (Å²) in [5.74, 6) is 1.71. The highest BCUT2D eigenvalue weighted by Gasteiger charge is 2.22. The van der Waals surface area contributed by atoms with Gasteiger partial charge in [0.05, 0.1) is 0 Å². The highest BCUT2D eigenvalue weighted by molar-refractivity contribution is 5.98. The summed E-state index contributed by atoms with van der Waals surface area (Å²) in [5.41, 5.74) is 1.78. The van der Waals surface area contributed by atoms with Crippen molar-refractivity contribution in [1.29, 1.82) is 0 Å². The first kappa shape index (κ1) is 17.8. The molecule has 2 aromatic heterocycles. The Hall–Kier alpha value is -2.60. The van der Waals surface area contributed by atoms with E-state index in [1.165, 1.54) is 0 Å². The maximum atomic E-state index is 12.8. The quantitative estimate of drug-likeness (QED) is 0.756. The number of carbonyl (C=O) groups excluding carboxylic acids is 1. The van der Waals surface area contributed by atoms with Gasteiger partial charge in [-0.3, -0.25) is 9.69 Å². The minimum atomic E-state index is 0.128. The zero-order valence-corrected chi connectivity index (χ0v) is 16.1. The number of aromatic amines is 1. The van der Waals surface area contributed by atoms with Crippen LogP contribution in [0.5, 0.6) is 0 Å². The Morgan fingerprint density at radius 2 is 1.96 bits per heavy atom. The third kappa shape index (κ3) is 3.76. The summed E-state index contributed by atoms with van der Waals surface area (Å²) in [7, 11) is 0. The van der Waals surface area contributed by atoms with Crippen molar-refractivity contribution >= 4 is 16.8 Å². The molecule has 6 heteroatoms. The van der Waals surface area contributed by atoms with Crippen LogP contribution >= 0.6 is 0 Å². The first-order valence-corrected chi connectivity index (χ1v) is 9.71. The summed E-state index contributed by atoms with van der Waals surface area (Å²) in [6.07, 6.45) is 5.85. The van der Waals surface area contributed by atoms with Gasteiger partial charge in [-0.1, -0.05) is 19.9 Å². The topological polar surface area (TPSA) is 57.2 Å². The third-order valence-electron chi connectivity index (χ3n) is 5.38. The Balaban J connectivity index is 1.31. The second-order valence-electron chi connectivity index (χ2n) is 7.55. The average Bonchev–Trinajstić information content (AvgIpc) is 3.34. The third-order valence-corrected chi connectivity index (χ3v) is 5.38. The molecule has 1 aromatic carbocycles. The maximum absolute atomic E-state index is 12.8. The number of benzene rings is 1. The van der Waals surface area contributed by atoms with E-state index in [0.29, 0.717) is 5.92 Å². The molecule has 3 heterocycles. The van der Waals surface area contributed by atoms with E-state index in [4.69, 9.17) is 0 Å². The lowest BCUT2D eigenvalue weighted by atomic mass is 10.1. The Labute approximate surface area is 159 Å². The Morgan fingerprint density at radius 1 is 1.15 bits per heavy atom. The van der Waals surface area contributed by atoms with Crippen LogP contribution in [0.25, 0.3) is 10.9 Å². The zero-order valence-electron chi connectivity index (χ0n) is 16.1. The van der Waals surface area contributed by atoms with Crippen LogP contribution in [0, 0.1) is 0 Å². The molecule has 27 heavy (non-hydrogen) atoms. The second kappa shape index (κ2) is 7.56. The Kier molecular flexibility index (Phi) is 4.99. The molecular weight excluding hydrogens is 338 g/mol. The van der Waals surface area contributed by atoms with Crippen LogP contribution in [0.4, 0.5) is 0 Å². The molecule has 0 radical (unpaired) electrons. The van der Waals surface area contributed by atoms with Gasteiger partial charge in [-0.25, -0.2) is 4.98 Å². The molecule has 0 unspecified atom stereocenters. The van der Waals surface area contributed by atoms with Gasteiger partial charge in [0.15, 0.2) is 0 Å². The zero-order chi connectivity index (χ0) is 18.8. The molecule has 142 valence electrons. The lowest BCUT2D eigenvalue weighted by Crippen LogP contribution is -2.49. The predicted octanol–water partition coefficient (Wildman–Crippen LogP) is 2.95.